The zero-order valence-corrected chi connectivity index (χ0v) is 13.4. The summed E-state index contributed by atoms with van der Waals surface area (Å²) in [7, 11) is 2.96. The number of amides is 1. The number of methoxy groups -OCH3 is 1. The largest absolute Gasteiger partial charge is 0.469 e. The summed E-state index contributed by atoms with van der Waals surface area (Å²) < 4.78 is 4.66. The van der Waals surface area contributed by atoms with E-state index in [1.54, 1.807) is 14.0 Å². The number of hydrogen-bond acceptors (Lipinski definition) is 5. The third-order valence-corrected chi connectivity index (χ3v) is 3.43. The van der Waals surface area contributed by atoms with Crippen molar-refractivity contribution in [2.45, 2.75) is 6.92 Å². The third-order valence-electron chi connectivity index (χ3n) is 3.43. The molecule has 0 saturated heterocycles. The number of aromatic nitrogens is 2. The molecule has 0 fully saturated rings. The molecule has 2 aromatic rings. The summed E-state index contributed by atoms with van der Waals surface area (Å²) in [4.78, 5) is 33.7. The van der Waals surface area contributed by atoms with Crippen LogP contribution in [0.2, 0.25) is 0 Å². The number of esters is 1. The lowest BCUT2D eigenvalue weighted by Crippen LogP contribution is -2.34. The molecule has 0 unspecified atom stereocenters. The summed E-state index contributed by atoms with van der Waals surface area (Å²) in [5, 5.41) is 0. The normalized spacial score (nSPS) is 11.6. The van der Waals surface area contributed by atoms with Crippen LogP contribution in [0.25, 0.3) is 11.4 Å². The smallest absolute Gasteiger partial charge is 0.310 e. The minimum absolute atomic E-state index is 0.236. The Kier molecular flexibility index (Phi) is 5.41. The molecule has 0 bridgehead atoms. The second-order valence-electron chi connectivity index (χ2n) is 5.27. The van der Waals surface area contributed by atoms with Gasteiger partial charge in [0.25, 0.3) is 5.91 Å². The van der Waals surface area contributed by atoms with Gasteiger partial charge in [-0.1, -0.05) is 37.3 Å². The maximum absolute atomic E-state index is 12.3. The fourth-order valence-corrected chi connectivity index (χ4v) is 2.16. The molecule has 1 aromatic carbocycles. The number of ether oxygens (including phenoxy) is 1. The highest BCUT2D eigenvalue weighted by Crippen LogP contribution is 2.14. The molecule has 0 aliphatic carbocycles. The Balaban J connectivity index is 2.07. The SMILES string of the molecule is COC(=O)[C@H](C)CN(C)C(=O)c1cnc(-c2ccccc2)nc1. The van der Waals surface area contributed by atoms with Crippen molar-refractivity contribution < 1.29 is 14.3 Å². The molecule has 0 aliphatic rings. The highest BCUT2D eigenvalue weighted by atomic mass is 16.5. The first-order chi connectivity index (χ1) is 11.0. The average Bonchev–Trinajstić information content (AvgIpc) is 2.61. The Morgan fingerprint density at radius 3 is 2.35 bits per heavy atom. The van der Waals surface area contributed by atoms with E-state index in [9.17, 15) is 9.59 Å². The minimum Gasteiger partial charge on any atom is -0.469 e. The second kappa shape index (κ2) is 7.49. The van der Waals surface area contributed by atoms with E-state index in [-0.39, 0.29) is 18.4 Å². The van der Waals surface area contributed by atoms with Gasteiger partial charge in [0.05, 0.1) is 18.6 Å². The lowest BCUT2D eigenvalue weighted by Gasteiger charge is -2.20. The molecule has 0 N–H and O–H groups in total. The van der Waals surface area contributed by atoms with Crippen molar-refractivity contribution in [2.24, 2.45) is 5.92 Å². The van der Waals surface area contributed by atoms with E-state index in [2.05, 4.69) is 14.7 Å². The van der Waals surface area contributed by atoms with Crippen LogP contribution in [0.3, 0.4) is 0 Å². The van der Waals surface area contributed by atoms with Gasteiger partial charge in [-0.05, 0) is 0 Å². The van der Waals surface area contributed by atoms with Crippen LogP contribution in [0.15, 0.2) is 42.7 Å². The highest BCUT2D eigenvalue weighted by Gasteiger charge is 2.20. The summed E-state index contributed by atoms with van der Waals surface area (Å²) >= 11 is 0. The summed E-state index contributed by atoms with van der Waals surface area (Å²) in [5.41, 5.74) is 1.27. The molecule has 0 radical (unpaired) electrons. The average molecular weight is 313 g/mol. The van der Waals surface area contributed by atoms with Gasteiger partial charge in [0.15, 0.2) is 5.82 Å². The van der Waals surface area contributed by atoms with Gasteiger partial charge >= 0.3 is 5.97 Å². The standard InChI is InChI=1S/C17H19N3O3/c1-12(17(22)23-3)11-20(2)16(21)14-9-18-15(19-10-14)13-7-5-4-6-8-13/h4-10,12H,11H2,1-3H3/t12-/m1/s1. The minimum atomic E-state index is -0.390. The fourth-order valence-electron chi connectivity index (χ4n) is 2.16. The maximum Gasteiger partial charge on any atom is 0.310 e. The molecule has 2 rings (SSSR count). The predicted molar refractivity (Wildman–Crippen MR) is 85.6 cm³/mol. The van der Waals surface area contributed by atoms with Crippen molar-refractivity contribution in [3.63, 3.8) is 0 Å². The lowest BCUT2D eigenvalue weighted by molar-refractivity contribution is -0.145. The Bertz CT molecular complexity index is 671. The quantitative estimate of drug-likeness (QED) is 0.790. The molecule has 1 atom stereocenters. The Hall–Kier alpha value is -2.76. The number of hydrogen-bond donors (Lipinski definition) is 0. The van der Waals surface area contributed by atoms with E-state index in [1.165, 1.54) is 24.4 Å². The van der Waals surface area contributed by atoms with Crippen LogP contribution in [0.4, 0.5) is 0 Å². The molecular formula is C17H19N3O3. The Morgan fingerprint density at radius 1 is 1.17 bits per heavy atom. The van der Waals surface area contributed by atoms with Crippen LogP contribution in [-0.4, -0.2) is 47.4 Å². The molecular weight excluding hydrogens is 294 g/mol. The van der Waals surface area contributed by atoms with Crippen LogP contribution in [0, 0.1) is 5.92 Å². The number of rotatable bonds is 5. The van der Waals surface area contributed by atoms with Gasteiger partial charge in [0.2, 0.25) is 0 Å². The molecule has 1 amide bonds. The van der Waals surface area contributed by atoms with Crippen molar-refractivity contribution >= 4 is 11.9 Å². The Morgan fingerprint density at radius 2 is 1.78 bits per heavy atom. The molecule has 0 spiro atoms. The van der Waals surface area contributed by atoms with Crippen molar-refractivity contribution in [2.75, 3.05) is 20.7 Å². The fraction of sp³-hybridized carbons (Fsp3) is 0.294. The van der Waals surface area contributed by atoms with Crippen molar-refractivity contribution in [1.29, 1.82) is 0 Å². The van der Waals surface area contributed by atoms with Gasteiger partial charge in [0, 0.05) is 31.5 Å². The maximum atomic E-state index is 12.3. The molecule has 23 heavy (non-hydrogen) atoms. The van der Waals surface area contributed by atoms with Gasteiger partial charge in [-0.25, -0.2) is 9.97 Å². The first-order valence-corrected chi connectivity index (χ1v) is 7.23. The zero-order chi connectivity index (χ0) is 16.8. The van der Waals surface area contributed by atoms with E-state index >= 15 is 0 Å². The molecule has 120 valence electrons. The summed E-state index contributed by atoms with van der Waals surface area (Å²) in [6.45, 7) is 1.98. The predicted octanol–water partition coefficient (Wildman–Crippen LogP) is 2.02. The van der Waals surface area contributed by atoms with Crippen LogP contribution >= 0.6 is 0 Å². The summed E-state index contributed by atoms with van der Waals surface area (Å²) in [6.07, 6.45) is 2.99. The van der Waals surface area contributed by atoms with Gasteiger partial charge in [-0.2, -0.15) is 0 Å². The van der Waals surface area contributed by atoms with E-state index in [1.807, 2.05) is 30.3 Å². The highest BCUT2D eigenvalue weighted by molar-refractivity contribution is 5.93. The number of nitrogens with zero attached hydrogens (tertiary/aromatic N) is 3. The van der Waals surface area contributed by atoms with E-state index in [4.69, 9.17) is 0 Å². The number of benzene rings is 1. The second-order valence-corrected chi connectivity index (χ2v) is 5.27. The van der Waals surface area contributed by atoms with Gasteiger partial charge in [-0.3, -0.25) is 9.59 Å². The van der Waals surface area contributed by atoms with Crippen molar-refractivity contribution in [3.8, 4) is 11.4 Å². The molecule has 6 nitrogen and oxygen atoms in total. The number of carbonyl (C=O) groups excluding carboxylic acids is 2. The van der Waals surface area contributed by atoms with Crippen molar-refractivity contribution in [3.05, 3.63) is 48.3 Å². The van der Waals surface area contributed by atoms with E-state index in [0.29, 0.717) is 11.4 Å². The first kappa shape index (κ1) is 16.6. The monoisotopic (exact) mass is 313 g/mol. The van der Waals surface area contributed by atoms with Gasteiger partial charge in [-0.15, -0.1) is 0 Å². The van der Waals surface area contributed by atoms with Gasteiger partial charge in [0.1, 0.15) is 0 Å². The van der Waals surface area contributed by atoms with Gasteiger partial charge < -0.3 is 9.64 Å². The van der Waals surface area contributed by atoms with Crippen LogP contribution in [0.1, 0.15) is 17.3 Å². The zero-order valence-electron chi connectivity index (χ0n) is 13.4. The van der Waals surface area contributed by atoms with Crippen LogP contribution in [0.5, 0.6) is 0 Å². The number of carbonyl (C=O) groups is 2. The lowest BCUT2D eigenvalue weighted by atomic mass is 10.1. The van der Waals surface area contributed by atoms with Crippen molar-refractivity contribution in [1.82, 2.24) is 14.9 Å². The third kappa shape index (κ3) is 4.12. The summed E-state index contributed by atoms with van der Waals surface area (Å²) in [6, 6.07) is 9.53. The van der Waals surface area contributed by atoms with Crippen LogP contribution in [-0.2, 0) is 9.53 Å². The first-order valence-electron chi connectivity index (χ1n) is 7.23. The van der Waals surface area contributed by atoms with Crippen LogP contribution < -0.4 is 0 Å². The molecule has 6 heteroatoms. The summed E-state index contributed by atoms with van der Waals surface area (Å²) in [5.74, 6) is -0.410. The Labute approximate surface area is 135 Å². The van der Waals surface area contributed by atoms with E-state index in [0.717, 1.165) is 5.56 Å². The molecule has 0 aliphatic heterocycles. The molecule has 1 heterocycles. The topological polar surface area (TPSA) is 72.4 Å². The van der Waals surface area contributed by atoms with E-state index < -0.39 is 5.92 Å². The molecule has 0 saturated carbocycles. The molecule has 1 aromatic heterocycles.